The highest BCUT2D eigenvalue weighted by atomic mass is 19.1. The van der Waals surface area contributed by atoms with Crippen LogP contribution in [0.4, 0.5) is 20.7 Å². The quantitative estimate of drug-likeness (QED) is 0.273. The fraction of sp³-hybridized carbons (Fsp3) is 0.333. The lowest BCUT2D eigenvalue weighted by Gasteiger charge is -2.24. The molecule has 12 nitrogen and oxygen atoms in total. The molecule has 5 aromatic rings. The number of hydrogen-bond acceptors (Lipinski definition) is 10. The van der Waals surface area contributed by atoms with Gasteiger partial charge in [-0.05, 0) is 63.6 Å². The minimum atomic E-state index is -1.42. The predicted molar refractivity (Wildman–Crippen MR) is 157 cm³/mol. The Hall–Kier alpha value is -5.07. The Morgan fingerprint density at radius 2 is 1.88 bits per heavy atom. The molecule has 222 valence electrons. The van der Waals surface area contributed by atoms with Crippen molar-refractivity contribution in [3.63, 3.8) is 0 Å². The van der Waals surface area contributed by atoms with Gasteiger partial charge in [0.15, 0.2) is 18.1 Å². The van der Waals surface area contributed by atoms with Crippen LogP contribution in [-0.2, 0) is 11.8 Å². The average Bonchev–Trinajstić information content (AvgIpc) is 3.51. The van der Waals surface area contributed by atoms with Crippen molar-refractivity contribution in [1.82, 2.24) is 34.4 Å². The normalized spacial score (nSPS) is 16.9. The van der Waals surface area contributed by atoms with Crippen LogP contribution < -0.4 is 14.8 Å². The van der Waals surface area contributed by atoms with Gasteiger partial charge in [0.25, 0.3) is 0 Å². The Balaban J connectivity index is 1.17. The van der Waals surface area contributed by atoms with E-state index in [0.29, 0.717) is 28.4 Å². The summed E-state index contributed by atoms with van der Waals surface area (Å²) in [5.74, 6) is 1.81. The molecular formula is C30H31FN8O4. The van der Waals surface area contributed by atoms with Crippen LogP contribution in [0, 0.1) is 6.92 Å². The zero-order chi connectivity index (χ0) is 30.3. The smallest absolute Gasteiger partial charge is 0.410 e. The second-order valence-electron chi connectivity index (χ2n) is 11.4. The molecule has 0 bridgehead atoms. The molecule has 1 aliphatic heterocycles. The van der Waals surface area contributed by atoms with Crippen molar-refractivity contribution >= 4 is 39.7 Å². The zero-order valence-electron chi connectivity index (χ0n) is 24.4. The SMILES string of the molecule is Cc1cc(Nc2ncnc3cnc(O[C@@H]4CN(C(=O)OC(C)(C)C)C[C@@H]4F)nc23)ccc1Oc1ccc2c(c1)ncn2C. The molecule has 13 heteroatoms. The van der Waals surface area contributed by atoms with Gasteiger partial charge in [0.2, 0.25) is 0 Å². The van der Waals surface area contributed by atoms with Crippen LogP contribution in [-0.4, -0.2) is 71.4 Å². The second-order valence-corrected chi connectivity index (χ2v) is 11.4. The second kappa shape index (κ2) is 11.0. The van der Waals surface area contributed by atoms with E-state index < -0.39 is 24.0 Å². The highest BCUT2D eigenvalue weighted by Gasteiger charge is 2.39. The Kier molecular flexibility index (Phi) is 7.16. The molecule has 1 aliphatic rings. The number of amides is 1. The molecule has 3 aromatic heterocycles. The third kappa shape index (κ3) is 6.10. The number of carbonyl (C=O) groups is 1. The molecule has 0 radical (unpaired) electrons. The third-order valence-corrected chi connectivity index (χ3v) is 6.82. The molecular weight excluding hydrogens is 555 g/mol. The first kappa shape index (κ1) is 28.1. The number of alkyl halides is 1. The number of anilines is 2. The van der Waals surface area contributed by atoms with Gasteiger partial charge >= 0.3 is 12.1 Å². The number of hydrogen-bond donors (Lipinski definition) is 1. The van der Waals surface area contributed by atoms with Crippen molar-refractivity contribution in [1.29, 1.82) is 0 Å². The maximum atomic E-state index is 14.8. The number of benzene rings is 2. The van der Waals surface area contributed by atoms with Gasteiger partial charge < -0.3 is 29.0 Å². The number of nitrogens with zero attached hydrogens (tertiary/aromatic N) is 7. The lowest BCUT2D eigenvalue weighted by molar-refractivity contribution is 0.0272. The fourth-order valence-corrected chi connectivity index (χ4v) is 4.73. The van der Waals surface area contributed by atoms with E-state index in [0.717, 1.165) is 22.3 Å². The summed E-state index contributed by atoms with van der Waals surface area (Å²) in [7, 11) is 1.95. The van der Waals surface area contributed by atoms with Gasteiger partial charge in [-0.3, -0.25) is 0 Å². The highest BCUT2D eigenvalue weighted by molar-refractivity contribution is 5.86. The van der Waals surface area contributed by atoms with Crippen LogP contribution in [0.1, 0.15) is 26.3 Å². The van der Waals surface area contributed by atoms with Crippen LogP contribution in [0.3, 0.4) is 0 Å². The number of rotatable bonds is 6. The minimum absolute atomic E-state index is 0.0112. The van der Waals surface area contributed by atoms with Crippen molar-refractivity contribution in [2.75, 3.05) is 18.4 Å². The maximum absolute atomic E-state index is 14.8. The van der Waals surface area contributed by atoms with Gasteiger partial charge in [0, 0.05) is 18.8 Å². The standard InChI is InChI=1S/C30H31FN8O4/c1-17-10-18(6-9-24(17)41-19-7-8-23-21(11-19)35-16-38(23)5)36-27-26-22(33-15-34-27)12-32-28(37-26)42-25-14-39(13-20(25)31)29(40)43-30(2,3)4/h6-12,15-16,20,25H,13-14H2,1-5H3,(H,33,34,36)/t20-,25+/m0/s1. The number of ether oxygens (including phenoxy) is 3. The summed E-state index contributed by atoms with van der Waals surface area (Å²) in [5.41, 5.74) is 3.71. The van der Waals surface area contributed by atoms with Crippen molar-refractivity contribution in [2.24, 2.45) is 7.05 Å². The molecule has 6 rings (SSSR count). The van der Waals surface area contributed by atoms with Crippen molar-refractivity contribution < 1.29 is 23.4 Å². The molecule has 2 aromatic carbocycles. The van der Waals surface area contributed by atoms with Crippen LogP contribution in [0.5, 0.6) is 17.5 Å². The third-order valence-electron chi connectivity index (χ3n) is 6.82. The van der Waals surface area contributed by atoms with E-state index in [1.54, 1.807) is 27.1 Å². The Bertz CT molecular complexity index is 1820. The number of fused-ring (bicyclic) bond motifs is 2. The average molecular weight is 587 g/mol. The van der Waals surface area contributed by atoms with Gasteiger partial charge in [-0.2, -0.15) is 4.98 Å². The van der Waals surface area contributed by atoms with Crippen LogP contribution in [0.15, 0.2) is 55.2 Å². The lowest BCUT2D eigenvalue weighted by Crippen LogP contribution is -2.36. The van der Waals surface area contributed by atoms with E-state index >= 15 is 0 Å². The predicted octanol–water partition coefficient (Wildman–Crippen LogP) is 5.49. The van der Waals surface area contributed by atoms with E-state index in [1.165, 1.54) is 17.4 Å². The van der Waals surface area contributed by atoms with Gasteiger partial charge in [0.05, 0.1) is 36.6 Å². The molecule has 4 heterocycles. The van der Waals surface area contributed by atoms with Crippen molar-refractivity contribution in [3.8, 4) is 17.5 Å². The summed E-state index contributed by atoms with van der Waals surface area (Å²) in [6.45, 7) is 7.09. The van der Waals surface area contributed by atoms with Gasteiger partial charge in [0.1, 0.15) is 34.5 Å². The minimum Gasteiger partial charge on any atom is -0.457 e. The number of imidazole rings is 1. The summed E-state index contributed by atoms with van der Waals surface area (Å²) in [6, 6.07) is 11.4. The summed E-state index contributed by atoms with van der Waals surface area (Å²) >= 11 is 0. The molecule has 1 N–H and O–H groups in total. The molecule has 1 amide bonds. The number of carbonyl (C=O) groups excluding carboxylic acids is 1. The molecule has 0 spiro atoms. The number of aryl methyl sites for hydroxylation is 2. The van der Waals surface area contributed by atoms with Crippen molar-refractivity contribution in [3.05, 3.63) is 60.8 Å². The van der Waals surface area contributed by atoms with E-state index in [1.807, 2.05) is 54.9 Å². The van der Waals surface area contributed by atoms with Crippen LogP contribution >= 0.6 is 0 Å². The molecule has 0 saturated carbocycles. The van der Waals surface area contributed by atoms with Crippen molar-refractivity contribution in [2.45, 2.75) is 45.6 Å². The van der Waals surface area contributed by atoms with Gasteiger partial charge in [-0.1, -0.05) is 0 Å². The highest BCUT2D eigenvalue weighted by Crippen LogP contribution is 2.31. The summed E-state index contributed by atoms with van der Waals surface area (Å²) < 4.78 is 34.0. The van der Waals surface area contributed by atoms with Gasteiger partial charge in [-0.25, -0.2) is 29.1 Å². The zero-order valence-corrected chi connectivity index (χ0v) is 24.4. The monoisotopic (exact) mass is 586 g/mol. The number of aromatic nitrogens is 6. The summed E-state index contributed by atoms with van der Waals surface area (Å²) in [6.07, 6.45) is 1.69. The van der Waals surface area contributed by atoms with E-state index in [-0.39, 0.29) is 19.1 Å². The van der Waals surface area contributed by atoms with Crippen LogP contribution in [0.25, 0.3) is 22.1 Å². The number of halogens is 1. The first-order valence-corrected chi connectivity index (χ1v) is 13.8. The van der Waals surface area contributed by atoms with Gasteiger partial charge in [-0.15, -0.1) is 0 Å². The molecule has 0 aliphatic carbocycles. The molecule has 1 fully saturated rings. The van der Waals surface area contributed by atoms with E-state index in [9.17, 15) is 9.18 Å². The lowest BCUT2D eigenvalue weighted by atomic mass is 10.2. The first-order chi connectivity index (χ1) is 20.5. The van der Waals surface area contributed by atoms with Crippen LogP contribution in [0.2, 0.25) is 0 Å². The Morgan fingerprint density at radius 1 is 1.05 bits per heavy atom. The maximum Gasteiger partial charge on any atom is 0.410 e. The Labute approximate surface area is 246 Å². The van der Waals surface area contributed by atoms with E-state index in [4.69, 9.17) is 14.2 Å². The topological polar surface area (TPSA) is 129 Å². The molecule has 2 atom stereocenters. The number of nitrogens with one attached hydrogen (secondary N) is 1. The Morgan fingerprint density at radius 3 is 2.67 bits per heavy atom. The molecule has 1 saturated heterocycles. The molecule has 0 unspecified atom stereocenters. The summed E-state index contributed by atoms with van der Waals surface area (Å²) in [4.78, 5) is 35.3. The fourth-order valence-electron chi connectivity index (χ4n) is 4.73. The molecule has 43 heavy (non-hydrogen) atoms. The number of likely N-dealkylation sites (tertiary alicyclic amines) is 1. The first-order valence-electron chi connectivity index (χ1n) is 13.8. The van der Waals surface area contributed by atoms with E-state index in [2.05, 4.69) is 30.2 Å². The summed E-state index contributed by atoms with van der Waals surface area (Å²) in [5, 5.41) is 3.27. The largest absolute Gasteiger partial charge is 0.457 e.